The topological polar surface area (TPSA) is 21.3 Å². The average molecular weight is 525 g/mol. The SMILES string of the molecule is CCOc1ccc(Br)cc1C(NC)c1cc(I)ccc1Br. The highest BCUT2D eigenvalue weighted by molar-refractivity contribution is 14.1. The zero-order chi connectivity index (χ0) is 15.4. The van der Waals surface area contributed by atoms with Gasteiger partial charge in [-0.1, -0.05) is 31.9 Å². The molecule has 5 heteroatoms. The number of ether oxygens (including phenoxy) is 1. The lowest BCUT2D eigenvalue weighted by atomic mass is 9.98. The number of hydrogen-bond donors (Lipinski definition) is 1. The molecule has 0 heterocycles. The third-order valence-corrected chi connectivity index (χ3v) is 5.03. The van der Waals surface area contributed by atoms with E-state index in [-0.39, 0.29) is 6.04 Å². The quantitative estimate of drug-likeness (QED) is 0.520. The first-order valence-corrected chi connectivity index (χ1v) is 9.27. The highest BCUT2D eigenvalue weighted by Gasteiger charge is 2.19. The molecule has 0 saturated heterocycles. The lowest BCUT2D eigenvalue weighted by Gasteiger charge is -2.22. The standard InChI is InChI=1S/C16H16Br2INO/c1-3-21-15-7-4-10(17)8-13(15)16(20-2)12-9-11(19)5-6-14(12)18/h4-9,16,20H,3H2,1-2H3. The second-order valence-corrected chi connectivity index (χ2v) is 7.52. The van der Waals surface area contributed by atoms with Crippen molar-refractivity contribution in [3.63, 3.8) is 0 Å². The van der Waals surface area contributed by atoms with Crippen molar-refractivity contribution in [1.82, 2.24) is 5.32 Å². The van der Waals surface area contributed by atoms with E-state index in [0.717, 1.165) is 20.3 Å². The van der Waals surface area contributed by atoms with Gasteiger partial charge in [0.2, 0.25) is 0 Å². The molecule has 0 fully saturated rings. The van der Waals surface area contributed by atoms with Gasteiger partial charge in [-0.15, -0.1) is 0 Å². The Hall–Kier alpha value is -0.110. The van der Waals surface area contributed by atoms with Crippen molar-refractivity contribution in [3.8, 4) is 5.75 Å². The summed E-state index contributed by atoms with van der Waals surface area (Å²) in [5, 5.41) is 3.39. The molecule has 1 unspecified atom stereocenters. The summed E-state index contributed by atoms with van der Waals surface area (Å²) in [4.78, 5) is 0. The predicted molar refractivity (Wildman–Crippen MR) is 103 cm³/mol. The normalized spacial score (nSPS) is 12.2. The molecule has 0 aromatic heterocycles. The van der Waals surface area contributed by atoms with Crippen molar-refractivity contribution in [3.05, 3.63) is 60.0 Å². The van der Waals surface area contributed by atoms with E-state index in [2.05, 4.69) is 84.0 Å². The van der Waals surface area contributed by atoms with Gasteiger partial charge in [-0.2, -0.15) is 0 Å². The Morgan fingerprint density at radius 2 is 1.90 bits per heavy atom. The fraction of sp³-hybridized carbons (Fsp3) is 0.250. The second kappa shape index (κ2) is 7.94. The number of halogens is 3. The van der Waals surface area contributed by atoms with Gasteiger partial charge < -0.3 is 10.1 Å². The van der Waals surface area contributed by atoms with Crippen molar-refractivity contribution in [2.24, 2.45) is 0 Å². The molecule has 2 aromatic carbocycles. The highest BCUT2D eigenvalue weighted by Crippen LogP contribution is 2.36. The summed E-state index contributed by atoms with van der Waals surface area (Å²) in [6.45, 7) is 2.65. The maximum Gasteiger partial charge on any atom is 0.124 e. The highest BCUT2D eigenvalue weighted by atomic mass is 127. The van der Waals surface area contributed by atoms with Crippen LogP contribution in [-0.2, 0) is 0 Å². The van der Waals surface area contributed by atoms with Gasteiger partial charge >= 0.3 is 0 Å². The van der Waals surface area contributed by atoms with Crippen LogP contribution in [-0.4, -0.2) is 13.7 Å². The van der Waals surface area contributed by atoms with E-state index in [1.807, 2.05) is 26.1 Å². The third-order valence-electron chi connectivity index (χ3n) is 3.14. The number of hydrogen-bond acceptors (Lipinski definition) is 2. The molecule has 0 spiro atoms. The van der Waals surface area contributed by atoms with Gasteiger partial charge in [0.15, 0.2) is 0 Å². The van der Waals surface area contributed by atoms with Gasteiger partial charge in [-0.05, 0) is 78.5 Å². The van der Waals surface area contributed by atoms with E-state index < -0.39 is 0 Å². The molecule has 112 valence electrons. The van der Waals surface area contributed by atoms with Crippen molar-refractivity contribution in [2.75, 3.05) is 13.7 Å². The number of nitrogens with one attached hydrogen (secondary N) is 1. The van der Waals surface area contributed by atoms with Crippen molar-refractivity contribution >= 4 is 54.5 Å². The lowest BCUT2D eigenvalue weighted by Crippen LogP contribution is -2.19. The van der Waals surface area contributed by atoms with E-state index in [9.17, 15) is 0 Å². The largest absolute Gasteiger partial charge is 0.494 e. The monoisotopic (exact) mass is 523 g/mol. The Kier molecular flexibility index (Phi) is 6.52. The van der Waals surface area contributed by atoms with Crippen LogP contribution in [0, 0.1) is 3.57 Å². The average Bonchev–Trinajstić information content (AvgIpc) is 2.46. The molecule has 2 aromatic rings. The van der Waals surface area contributed by atoms with Gasteiger partial charge in [-0.3, -0.25) is 0 Å². The maximum atomic E-state index is 5.79. The van der Waals surface area contributed by atoms with Crippen molar-refractivity contribution in [2.45, 2.75) is 13.0 Å². The number of benzene rings is 2. The Bertz CT molecular complexity index is 634. The smallest absolute Gasteiger partial charge is 0.124 e. The van der Waals surface area contributed by atoms with E-state index in [4.69, 9.17) is 4.74 Å². The Morgan fingerprint density at radius 3 is 2.57 bits per heavy atom. The molecule has 0 radical (unpaired) electrons. The molecule has 1 N–H and O–H groups in total. The van der Waals surface area contributed by atoms with Crippen LogP contribution in [0.3, 0.4) is 0 Å². The van der Waals surface area contributed by atoms with Crippen molar-refractivity contribution < 1.29 is 4.74 Å². The molecule has 2 rings (SSSR count). The molecule has 0 amide bonds. The van der Waals surface area contributed by atoms with E-state index >= 15 is 0 Å². The van der Waals surface area contributed by atoms with Crippen molar-refractivity contribution in [1.29, 1.82) is 0 Å². The summed E-state index contributed by atoms with van der Waals surface area (Å²) < 4.78 is 9.13. The van der Waals surface area contributed by atoms with Gasteiger partial charge in [0.1, 0.15) is 5.75 Å². The van der Waals surface area contributed by atoms with Crippen LogP contribution in [0.2, 0.25) is 0 Å². The number of rotatable bonds is 5. The summed E-state index contributed by atoms with van der Waals surface area (Å²) in [6, 6.07) is 12.5. The molecule has 1 atom stereocenters. The maximum absolute atomic E-state index is 5.79. The minimum absolute atomic E-state index is 0.0631. The molecule has 2 nitrogen and oxygen atoms in total. The van der Waals surface area contributed by atoms with Crippen LogP contribution >= 0.6 is 54.5 Å². The summed E-state index contributed by atoms with van der Waals surface area (Å²) in [7, 11) is 1.97. The van der Waals surface area contributed by atoms with Crippen LogP contribution in [0.15, 0.2) is 45.3 Å². The third kappa shape index (κ3) is 4.21. The van der Waals surface area contributed by atoms with Gasteiger partial charge in [-0.25, -0.2) is 0 Å². The van der Waals surface area contributed by atoms with Crippen LogP contribution in [0.1, 0.15) is 24.1 Å². The van der Waals surface area contributed by atoms with Gasteiger partial charge in [0.25, 0.3) is 0 Å². The van der Waals surface area contributed by atoms with Crippen LogP contribution in [0.25, 0.3) is 0 Å². The lowest BCUT2D eigenvalue weighted by molar-refractivity contribution is 0.334. The Morgan fingerprint density at radius 1 is 1.14 bits per heavy atom. The Balaban J connectivity index is 2.55. The molecule has 0 aliphatic heterocycles. The van der Waals surface area contributed by atoms with Crippen LogP contribution in [0.4, 0.5) is 0 Å². The van der Waals surface area contributed by atoms with E-state index in [1.165, 1.54) is 9.13 Å². The molecular weight excluding hydrogens is 509 g/mol. The second-order valence-electron chi connectivity index (χ2n) is 4.50. The summed E-state index contributed by atoms with van der Waals surface area (Å²) in [5.74, 6) is 0.908. The summed E-state index contributed by atoms with van der Waals surface area (Å²) >= 11 is 9.54. The minimum Gasteiger partial charge on any atom is -0.494 e. The molecule has 0 aliphatic rings. The fourth-order valence-corrected chi connectivity index (χ4v) is 3.62. The van der Waals surface area contributed by atoms with Gasteiger partial charge in [0, 0.05) is 18.1 Å². The predicted octanol–water partition coefficient (Wildman–Crippen LogP) is 5.52. The summed E-state index contributed by atoms with van der Waals surface area (Å²) in [5.41, 5.74) is 2.32. The van der Waals surface area contributed by atoms with E-state index in [0.29, 0.717) is 6.61 Å². The minimum atomic E-state index is 0.0631. The molecule has 0 aliphatic carbocycles. The van der Waals surface area contributed by atoms with Crippen LogP contribution in [0.5, 0.6) is 5.75 Å². The first-order valence-electron chi connectivity index (χ1n) is 6.61. The molecular formula is C16H16Br2INO. The van der Waals surface area contributed by atoms with Crippen LogP contribution < -0.4 is 10.1 Å². The summed E-state index contributed by atoms with van der Waals surface area (Å²) in [6.07, 6.45) is 0. The molecule has 0 bridgehead atoms. The van der Waals surface area contributed by atoms with E-state index in [1.54, 1.807) is 0 Å². The van der Waals surface area contributed by atoms with Gasteiger partial charge in [0.05, 0.1) is 12.6 Å². The molecule has 0 saturated carbocycles. The first-order chi connectivity index (χ1) is 10.1. The first kappa shape index (κ1) is 17.2. The Labute approximate surface area is 156 Å². The zero-order valence-corrected chi connectivity index (χ0v) is 17.1. The fourth-order valence-electron chi connectivity index (χ4n) is 2.25. The molecule has 21 heavy (non-hydrogen) atoms. The zero-order valence-electron chi connectivity index (χ0n) is 11.8.